The lowest BCUT2D eigenvalue weighted by atomic mass is 10.1. The van der Waals surface area contributed by atoms with Crippen molar-refractivity contribution in [2.75, 3.05) is 5.32 Å². The van der Waals surface area contributed by atoms with Gasteiger partial charge in [-0.05, 0) is 42.0 Å². The van der Waals surface area contributed by atoms with E-state index in [-0.39, 0.29) is 17.4 Å². The molecule has 2 amide bonds. The summed E-state index contributed by atoms with van der Waals surface area (Å²) < 4.78 is 1.46. The summed E-state index contributed by atoms with van der Waals surface area (Å²) in [6.45, 7) is 1.95. The third kappa shape index (κ3) is 4.91. The number of aromatic nitrogens is 3. The second kappa shape index (κ2) is 9.93. The molecule has 5 aromatic rings. The van der Waals surface area contributed by atoms with E-state index >= 15 is 0 Å². The minimum absolute atomic E-state index is 0.0757. The van der Waals surface area contributed by atoms with Crippen molar-refractivity contribution < 1.29 is 9.59 Å². The Bertz CT molecular complexity index is 1620. The van der Waals surface area contributed by atoms with Crippen LogP contribution in [0.3, 0.4) is 0 Å². The van der Waals surface area contributed by atoms with E-state index in [1.54, 1.807) is 42.5 Å². The first-order valence-corrected chi connectivity index (χ1v) is 12.0. The summed E-state index contributed by atoms with van der Waals surface area (Å²) in [6.07, 6.45) is 1.49. The predicted molar refractivity (Wildman–Crippen MR) is 140 cm³/mol. The van der Waals surface area contributed by atoms with Crippen LogP contribution in [0, 0.1) is 0 Å². The number of thiazole rings is 1. The van der Waals surface area contributed by atoms with Crippen LogP contribution in [-0.2, 0) is 11.3 Å². The monoisotopic (exact) mass is 495 g/mol. The average molecular weight is 496 g/mol. The molecule has 178 valence electrons. The first-order chi connectivity index (χ1) is 17.5. The van der Waals surface area contributed by atoms with Crippen LogP contribution in [0.2, 0.25) is 0 Å². The summed E-state index contributed by atoms with van der Waals surface area (Å²) >= 11 is 1.34. The normalized spacial score (nSPS) is 10.8. The predicted octanol–water partition coefficient (Wildman–Crippen LogP) is 4.40. The number of anilines is 1. The second-order valence-corrected chi connectivity index (χ2v) is 8.94. The van der Waals surface area contributed by atoms with Gasteiger partial charge in [0.2, 0.25) is 5.91 Å². The topological polar surface area (TPSA) is 106 Å². The smallest absolute Gasteiger partial charge is 0.265 e. The number of nitrogens with one attached hydrogen (secondary N) is 2. The Kier molecular flexibility index (Phi) is 6.38. The summed E-state index contributed by atoms with van der Waals surface area (Å²) in [5.41, 5.74) is 4.18. The van der Waals surface area contributed by atoms with Crippen LogP contribution in [0.25, 0.3) is 27.8 Å². The van der Waals surface area contributed by atoms with Gasteiger partial charge in [-0.25, -0.2) is 9.97 Å². The molecule has 0 saturated heterocycles. The lowest BCUT2D eigenvalue weighted by molar-refractivity contribution is -0.119. The molecule has 0 atom stereocenters. The number of nitrogens with zero attached hydrogens (tertiary/aromatic N) is 3. The molecular weight excluding hydrogens is 474 g/mol. The zero-order valence-electron chi connectivity index (χ0n) is 19.3. The molecule has 36 heavy (non-hydrogen) atoms. The number of fused-ring (bicyclic) bond motifs is 1. The zero-order valence-corrected chi connectivity index (χ0v) is 20.1. The maximum atomic E-state index is 12.8. The molecular formula is C27H21N5O3S. The van der Waals surface area contributed by atoms with Gasteiger partial charge in [-0.2, -0.15) is 0 Å². The fourth-order valence-corrected chi connectivity index (χ4v) is 4.39. The molecule has 0 fully saturated rings. The molecule has 0 aliphatic heterocycles. The highest BCUT2D eigenvalue weighted by Crippen LogP contribution is 2.25. The number of carbonyl (C=O) groups excluding carboxylic acids is 2. The van der Waals surface area contributed by atoms with E-state index in [9.17, 15) is 14.4 Å². The van der Waals surface area contributed by atoms with Gasteiger partial charge < -0.3 is 5.32 Å². The quantitative estimate of drug-likeness (QED) is 0.363. The van der Waals surface area contributed by atoms with E-state index in [2.05, 4.69) is 20.6 Å². The summed E-state index contributed by atoms with van der Waals surface area (Å²) in [4.78, 5) is 45.5. The lowest BCUT2D eigenvalue weighted by Crippen LogP contribution is -2.19. The molecule has 0 radical (unpaired) electrons. The molecule has 0 bridgehead atoms. The number of hydrogen-bond donors (Lipinski definition) is 2. The van der Waals surface area contributed by atoms with Crippen molar-refractivity contribution in [3.63, 3.8) is 0 Å². The third-order valence-electron chi connectivity index (χ3n) is 5.59. The summed E-state index contributed by atoms with van der Waals surface area (Å²) in [5, 5.41) is 8.48. The molecule has 9 heteroatoms. The van der Waals surface area contributed by atoms with E-state index in [4.69, 9.17) is 0 Å². The fraction of sp³-hybridized carbons (Fsp3) is 0.0741. The van der Waals surface area contributed by atoms with E-state index in [1.165, 1.54) is 29.2 Å². The zero-order chi connectivity index (χ0) is 25.1. The largest absolute Gasteiger partial charge is 0.352 e. The number of rotatable bonds is 6. The van der Waals surface area contributed by atoms with E-state index < -0.39 is 0 Å². The maximum Gasteiger partial charge on any atom is 0.265 e. The van der Waals surface area contributed by atoms with Crippen LogP contribution in [0.5, 0.6) is 0 Å². The molecule has 0 spiro atoms. The van der Waals surface area contributed by atoms with Gasteiger partial charge in [-0.1, -0.05) is 36.4 Å². The molecule has 0 aliphatic rings. The van der Waals surface area contributed by atoms with Crippen molar-refractivity contribution in [1.29, 1.82) is 0 Å². The van der Waals surface area contributed by atoms with Gasteiger partial charge in [-0.3, -0.25) is 24.3 Å². The van der Waals surface area contributed by atoms with E-state index in [1.807, 2.05) is 35.7 Å². The molecule has 0 aliphatic carbocycles. The Labute approximate surface area is 210 Å². The minimum Gasteiger partial charge on any atom is -0.352 e. The van der Waals surface area contributed by atoms with Gasteiger partial charge in [0, 0.05) is 30.0 Å². The highest BCUT2D eigenvalue weighted by atomic mass is 32.1. The van der Waals surface area contributed by atoms with Crippen LogP contribution >= 0.6 is 11.3 Å². The standard InChI is InChI=1S/C27H21N5O3S/c1-17(33)28-14-18-6-8-19(9-7-18)24-15-36-27(30-24)31-25(34)20-10-12-21(13-11-20)32-16-29-23-5-3-2-4-22(23)26(32)35/h2-13,15-16H,14H2,1H3,(H,28,33)(H,30,31,34). The van der Waals surface area contributed by atoms with Crippen LogP contribution in [0.1, 0.15) is 22.8 Å². The lowest BCUT2D eigenvalue weighted by Gasteiger charge is -2.08. The maximum absolute atomic E-state index is 12.8. The molecule has 3 aromatic carbocycles. The van der Waals surface area contributed by atoms with Crippen LogP contribution in [-0.4, -0.2) is 26.3 Å². The van der Waals surface area contributed by atoms with Gasteiger partial charge in [0.15, 0.2) is 5.13 Å². The molecule has 8 nitrogen and oxygen atoms in total. The molecule has 2 heterocycles. The molecule has 5 rings (SSSR count). The Morgan fingerprint density at radius 2 is 1.72 bits per heavy atom. The summed E-state index contributed by atoms with van der Waals surface area (Å²) in [6, 6.07) is 21.6. The van der Waals surface area contributed by atoms with E-state index in [0.29, 0.717) is 33.8 Å². The van der Waals surface area contributed by atoms with Crippen molar-refractivity contribution in [3.8, 4) is 16.9 Å². The Hall–Kier alpha value is -4.63. The number of benzene rings is 3. The Balaban J connectivity index is 1.27. The summed E-state index contributed by atoms with van der Waals surface area (Å²) in [7, 11) is 0. The average Bonchev–Trinajstić information content (AvgIpc) is 3.37. The van der Waals surface area contributed by atoms with Crippen LogP contribution in [0.4, 0.5) is 5.13 Å². The highest BCUT2D eigenvalue weighted by molar-refractivity contribution is 7.14. The van der Waals surface area contributed by atoms with Gasteiger partial charge in [0.1, 0.15) is 6.33 Å². The number of carbonyl (C=O) groups is 2. The molecule has 0 unspecified atom stereocenters. The Morgan fingerprint density at radius 3 is 2.47 bits per heavy atom. The molecule has 0 saturated carbocycles. The number of hydrogen-bond acceptors (Lipinski definition) is 6. The first kappa shape index (κ1) is 23.1. The number of amides is 2. The van der Waals surface area contributed by atoms with Crippen molar-refractivity contribution >= 4 is 39.2 Å². The molecule has 2 aromatic heterocycles. The van der Waals surface area contributed by atoms with Gasteiger partial charge >= 0.3 is 0 Å². The summed E-state index contributed by atoms with van der Waals surface area (Å²) in [5.74, 6) is -0.370. The van der Waals surface area contributed by atoms with Crippen molar-refractivity contribution in [2.45, 2.75) is 13.5 Å². The molecule has 2 N–H and O–H groups in total. The fourth-order valence-electron chi connectivity index (χ4n) is 3.68. The van der Waals surface area contributed by atoms with Crippen LogP contribution < -0.4 is 16.2 Å². The number of para-hydroxylation sites is 1. The third-order valence-corrected chi connectivity index (χ3v) is 6.35. The van der Waals surface area contributed by atoms with Crippen molar-refractivity contribution in [1.82, 2.24) is 19.9 Å². The van der Waals surface area contributed by atoms with Gasteiger partial charge in [-0.15, -0.1) is 11.3 Å². The van der Waals surface area contributed by atoms with Gasteiger partial charge in [0.05, 0.1) is 22.3 Å². The van der Waals surface area contributed by atoms with Crippen molar-refractivity contribution in [2.24, 2.45) is 0 Å². The minimum atomic E-state index is -0.294. The highest BCUT2D eigenvalue weighted by Gasteiger charge is 2.12. The van der Waals surface area contributed by atoms with Crippen LogP contribution in [0.15, 0.2) is 89.3 Å². The first-order valence-electron chi connectivity index (χ1n) is 11.2. The van der Waals surface area contributed by atoms with E-state index in [0.717, 1.165) is 16.8 Å². The van der Waals surface area contributed by atoms with Crippen molar-refractivity contribution in [3.05, 3.63) is 106 Å². The second-order valence-electron chi connectivity index (χ2n) is 8.08. The van der Waals surface area contributed by atoms with Gasteiger partial charge in [0.25, 0.3) is 11.5 Å². The Morgan fingerprint density at radius 1 is 0.972 bits per heavy atom. The SMILES string of the molecule is CC(=O)NCc1ccc(-c2csc(NC(=O)c3ccc(-n4cnc5ccccc5c4=O)cc3)n2)cc1.